The normalized spacial score (nSPS) is 51.1. The molecule has 27 heavy (non-hydrogen) atoms. The van der Waals surface area contributed by atoms with Crippen LogP contribution in [-0.4, -0.2) is 34.7 Å². The first kappa shape index (κ1) is 18.7. The van der Waals surface area contributed by atoms with Crippen LogP contribution in [0.5, 0.6) is 0 Å². The zero-order valence-electron chi connectivity index (χ0n) is 16.1. The Bertz CT molecular complexity index is 785. The molecule has 0 aliphatic heterocycles. The number of fused-ring (bicyclic) bond motifs is 5. The maximum Gasteiger partial charge on any atom is 0.199 e. The number of carbonyl (C=O) groups excluding carboxylic acids is 3. The van der Waals surface area contributed by atoms with E-state index in [-0.39, 0.29) is 24.0 Å². The van der Waals surface area contributed by atoms with Crippen molar-refractivity contribution in [3.63, 3.8) is 0 Å². The molecule has 0 aromatic rings. The number of aliphatic hydroxyl groups is 1. The number of ketones is 2. The molecule has 4 aliphatic carbocycles. The molecular formula is C22H27FO4. The van der Waals surface area contributed by atoms with Gasteiger partial charge >= 0.3 is 0 Å². The number of rotatable bonds is 2. The van der Waals surface area contributed by atoms with E-state index in [1.165, 1.54) is 12.2 Å². The lowest BCUT2D eigenvalue weighted by atomic mass is 9.45. The number of carbonyl (C=O) groups is 3. The molecule has 0 aromatic carbocycles. The molecular weight excluding hydrogens is 347 g/mol. The fraction of sp³-hybridized carbons (Fsp3) is 0.682. The predicted octanol–water partition coefficient (Wildman–Crippen LogP) is 2.99. The van der Waals surface area contributed by atoms with Gasteiger partial charge in [0.15, 0.2) is 23.5 Å². The van der Waals surface area contributed by atoms with Gasteiger partial charge < -0.3 is 5.11 Å². The van der Waals surface area contributed by atoms with Gasteiger partial charge in [-0.25, -0.2) is 4.39 Å². The minimum atomic E-state index is -1.88. The molecule has 4 rings (SSSR count). The van der Waals surface area contributed by atoms with Gasteiger partial charge in [-0.3, -0.25) is 14.4 Å². The Morgan fingerprint density at radius 3 is 2.70 bits per heavy atom. The third kappa shape index (κ3) is 2.15. The van der Waals surface area contributed by atoms with E-state index in [9.17, 15) is 19.5 Å². The van der Waals surface area contributed by atoms with Gasteiger partial charge in [0.05, 0.1) is 6.10 Å². The molecule has 0 heterocycles. The number of hydrogen-bond donors (Lipinski definition) is 1. The van der Waals surface area contributed by atoms with Crippen molar-refractivity contribution in [3.8, 4) is 0 Å². The van der Waals surface area contributed by atoms with Gasteiger partial charge in [-0.2, -0.15) is 0 Å². The highest BCUT2D eigenvalue weighted by atomic mass is 19.1. The van der Waals surface area contributed by atoms with E-state index in [1.54, 1.807) is 13.0 Å². The number of hydrogen-bond acceptors (Lipinski definition) is 4. The molecule has 5 heteroatoms. The topological polar surface area (TPSA) is 71.4 Å². The zero-order chi connectivity index (χ0) is 19.8. The Hall–Kier alpha value is -1.62. The first-order valence-electron chi connectivity index (χ1n) is 9.90. The summed E-state index contributed by atoms with van der Waals surface area (Å²) >= 11 is 0. The highest BCUT2D eigenvalue weighted by Gasteiger charge is 2.71. The Kier molecular flexibility index (Phi) is 3.95. The maximum absolute atomic E-state index is 16.8. The van der Waals surface area contributed by atoms with Crippen molar-refractivity contribution in [1.29, 1.82) is 0 Å². The summed E-state index contributed by atoms with van der Waals surface area (Å²) in [6, 6.07) is 0. The molecule has 0 bridgehead atoms. The fourth-order valence-electron chi connectivity index (χ4n) is 7.26. The molecule has 0 spiro atoms. The standard InChI is InChI=1S/C22H27FO4/c1-12-8-16-15-5-4-13-9-14(25)6-7-21(13,3)22(15,23)18(27)10-20(16,2)19(12)17(26)11-24/h6-7,9,11-12,15-16,18-19,27H,4-5,8,10H2,1-3H3/t12-,15+,16+,18+,19+,20+,21+,22+/m1/s1. The largest absolute Gasteiger partial charge is 0.390 e. The molecule has 1 N–H and O–H groups in total. The van der Waals surface area contributed by atoms with Crippen molar-refractivity contribution in [3.05, 3.63) is 23.8 Å². The van der Waals surface area contributed by atoms with Crippen molar-refractivity contribution >= 4 is 17.9 Å². The van der Waals surface area contributed by atoms with E-state index in [0.29, 0.717) is 25.5 Å². The molecule has 0 amide bonds. The average Bonchev–Trinajstić information content (AvgIpc) is 2.86. The van der Waals surface area contributed by atoms with Crippen LogP contribution in [0.3, 0.4) is 0 Å². The second kappa shape index (κ2) is 5.69. The summed E-state index contributed by atoms with van der Waals surface area (Å²) in [5.41, 5.74) is -2.72. The molecule has 8 atom stereocenters. The lowest BCUT2D eigenvalue weighted by molar-refractivity contribution is -0.195. The SMILES string of the molecule is C[C@@H]1C[C@H]2[C@@H]3CCC4=CC(=O)C=C[C@]4(C)[C@@]3(F)[C@@H](O)C[C@]2(C)[C@@H]1C(=O)C=O. The fourth-order valence-corrected chi connectivity index (χ4v) is 7.26. The quantitative estimate of drug-likeness (QED) is 0.596. The summed E-state index contributed by atoms with van der Waals surface area (Å²) in [5.74, 6) is -1.52. The highest BCUT2D eigenvalue weighted by molar-refractivity contribution is 6.26. The molecule has 146 valence electrons. The Morgan fingerprint density at radius 1 is 1.33 bits per heavy atom. The lowest BCUT2D eigenvalue weighted by Crippen LogP contribution is -2.66. The third-order valence-electron chi connectivity index (χ3n) is 8.40. The van der Waals surface area contributed by atoms with Crippen LogP contribution >= 0.6 is 0 Å². The summed E-state index contributed by atoms with van der Waals surface area (Å²) < 4.78 is 16.8. The van der Waals surface area contributed by atoms with Gasteiger partial charge in [0.2, 0.25) is 0 Å². The van der Waals surface area contributed by atoms with E-state index in [1.807, 2.05) is 13.8 Å². The first-order chi connectivity index (χ1) is 12.6. The molecule has 0 aromatic heterocycles. The second-order valence-electron chi connectivity index (χ2n) is 9.56. The van der Waals surface area contributed by atoms with E-state index >= 15 is 4.39 Å². The summed E-state index contributed by atoms with van der Waals surface area (Å²) in [6.45, 7) is 5.69. The lowest BCUT2D eigenvalue weighted by Gasteiger charge is -2.61. The number of aliphatic hydroxyl groups excluding tert-OH is 1. The highest BCUT2D eigenvalue weighted by Crippen LogP contribution is 2.69. The van der Waals surface area contributed by atoms with Crippen LogP contribution in [0.1, 0.15) is 46.5 Å². The van der Waals surface area contributed by atoms with Gasteiger partial charge in [0, 0.05) is 17.3 Å². The first-order valence-corrected chi connectivity index (χ1v) is 9.90. The van der Waals surface area contributed by atoms with Crippen molar-refractivity contribution in [2.45, 2.75) is 58.2 Å². The van der Waals surface area contributed by atoms with Gasteiger partial charge in [-0.15, -0.1) is 0 Å². The van der Waals surface area contributed by atoms with Crippen molar-refractivity contribution in [2.24, 2.45) is 34.5 Å². The number of halogens is 1. The van der Waals surface area contributed by atoms with E-state index in [4.69, 9.17) is 0 Å². The average molecular weight is 374 g/mol. The maximum atomic E-state index is 16.8. The van der Waals surface area contributed by atoms with Crippen LogP contribution in [0.25, 0.3) is 0 Å². The van der Waals surface area contributed by atoms with Crippen molar-refractivity contribution < 1.29 is 23.9 Å². The Morgan fingerprint density at radius 2 is 2.04 bits per heavy atom. The second-order valence-corrected chi connectivity index (χ2v) is 9.56. The Labute approximate surface area is 158 Å². The predicted molar refractivity (Wildman–Crippen MR) is 97.5 cm³/mol. The van der Waals surface area contributed by atoms with Crippen LogP contribution in [-0.2, 0) is 14.4 Å². The van der Waals surface area contributed by atoms with Crippen LogP contribution in [0, 0.1) is 34.5 Å². The third-order valence-corrected chi connectivity index (χ3v) is 8.40. The molecule has 0 radical (unpaired) electrons. The minimum absolute atomic E-state index is 0.0135. The number of allylic oxidation sites excluding steroid dienone is 4. The smallest absolute Gasteiger partial charge is 0.199 e. The van der Waals surface area contributed by atoms with E-state index in [0.717, 1.165) is 5.57 Å². The van der Waals surface area contributed by atoms with E-state index in [2.05, 4.69) is 0 Å². The van der Waals surface area contributed by atoms with Crippen LogP contribution in [0.15, 0.2) is 23.8 Å². The molecule has 4 aliphatic rings. The molecule has 3 fully saturated rings. The van der Waals surface area contributed by atoms with Crippen LogP contribution in [0.2, 0.25) is 0 Å². The van der Waals surface area contributed by atoms with Gasteiger partial charge in [-0.1, -0.05) is 25.5 Å². The summed E-state index contributed by atoms with van der Waals surface area (Å²) in [4.78, 5) is 35.4. The molecule has 0 unspecified atom stereocenters. The summed E-state index contributed by atoms with van der Waals surface area (Å²) in [6.07, 6.45) is 5.70. The monoisotopic (exact) mass is 374 g/mol. The molecule has 3 saturated carbocycles. The van der Waals surface area contributed by atoms with Gasteiger partial charge in [0.25, 0.3) is 0 Å². The summed E-state index contributed by atoms with van der Waals surface area (Å²) in [5, 5.41) is 11.1. The van der Waals surface area contributed by atoms with Crippen LogP contribution < -0.4 is 0 Å². The number of alkyl halides is 1. The Balaban J connectivity index is 1.81. The number of Topliss-reactive ketones (excluding diaryl/α,β-unsaturated/α-hetero) is 1. The van der Waals surface area contributed by atoms with Crippen LogP contribution in [0.4, 0.5) is 4.39 Å². The molecule has 4 nitrogen and oxygen atoms in total. The van der Waals surface area contributed by atoms with Gasteiger partial charge in [0.1, 0.15) is 0 Å². The minimum Gasteiger partial charge on any atom is -0.390 e. The van der Waals surface area contributed by atoms with Crippen molar-refractivity contribution in [2.75, 3.05) is 0 Å². The van der Waals surface area contributed by atoms with Gasteiger partial charge in [-0.05, 0) is 62.0 Å². The zero-order valence-corrected chi connectivity index (χ0v) is 16.1. The van der Waals surface area contributed by atoms with Crippen molar-refractivity contribution in [1.82, 2.24) is 0 Å². The summed E-state index contributed by atoms with van der Waals surface area (Å²) in [7, 11) is 0. The van der Waals surface area contributed by atoms with E-state index < -0.39 is 40.2 Å². The molecule has 0 saturated heterocycles. The number of aldehydes is 1.